The van der Waals surface area contributed by atoms with Crippen LogP contribution in [0.2, 0.25) is 5.15 Å². The van der Waals surface area contributed by atoms with E-state index in [0.29, 0.717) is 16.8 Å². The van der Waals surface area contributed by atoms with Crippen LogP contribution in [0, 0.1) is 0 Å². The highest BCUT2D eigenvalue weighted by Crippen LogP contribution is 2.43. The zero-order valence-corrected chi connectivity index (χ0v) is 12.1. The molecule has 1 aliphatic heterocycles. The van der Waals surface area contributed by atoms with E-state index in [9.17, 15) is 5.11 Å². The largest absolute Gasteiger partial charge is 0.386 e. The number of nitrogens with zero attached hydrogens (tertiary/aromatic N) is 3. The molecule has 2 aromatic heterocycles. The number of pyridine rings is 1. The van der Waals surface area contributed by atoms with Crippen molar-refractivity contribution in [3.05, 3.63) is 17.0 Å². The van der Waals surface area contributed by atoms with Gasteiger partial charge in [-0.25, -0.2) is 9.97 Å². The zero-order chi connectivity index (χ0) is 13.9. The van der Waals surface area contributed by atoms with Crippen LogP contribution in [0.25, 0.3) is 11.2 Å². The molecular weight excluding hydrogens is 276 g/mol. The van der Waals surface area contributed by atoms with Gasteiger partial charge in [0.15, 0.2) is 5.65 Å². The van der Waals surface area contributed by atoms with Crippen LogP contribution in [0.4, 0.5) is 5.69 Å². The fraction of sp³-hybridized carbons (Fsp3) is 0.571. The molecule has 4 rings (SSSR count). The Labute approximate surface area is 122 Å². The zero-order valence-electron chi connectivity index (χ0n) is 11.3. The Morgan fingerprint density at radius 2 is 2.15 bits per heavy atom. The van der Waals surface area contributed by atoms with Crippen LogP contribution in [0.5, 0.6) is 0 Å². The minimum Gasteiger partial charge on any atom is -0.386 e. The predicted octanol–water partition coefficient (Wildman–Crippen LogP) is 3.05. The second-order valence-electron chi connectivity index (χ2n) is 5.83. The lowest BCUT2D eigenvalue weighted by molar-refractivity contribution is 0.170. The number of hydrogen-bond donors (Lipinski definition) is 2. The molecule has 6 heteroatoms. The van der Waals surface area contributed by atoms with E-state index in [4.69, 9.17) is 11.6 Å². The molecule has 106 valence electrons. The van der Waals surface area contributed by atoms with Crippen LogP contribution < -0.4 is 5.32 Å². The van der Waals surface area contributed by atoms with E-state index in [2.05, 4.69) is 19.9 Å². The number of aliphatic hydroxyl groups excluding tert-OH is 1. The van der Waals surface area contributed by atoms with Crippen LogP contribution in [0.15, 0.2) is 6.33 Å². The summed E-state index contributed by atoms with van der Waals surface area (Å²) in [6.07, 6.45) is 6.11. The second-order valence-corrected chi connectivity index (χ2v) is 6.19. The van der Waals surface area contributed by atoms with Crippen molar-refractivity contribution in [2.24, 2.45) is 0 Å². The highest BCUT2D eigenvalue weighted by atomic mass is 35.5. The molecule has 5 nitrogen and oxygen atoms in total. The maximum atomic E-state index is 10.2. The summed E-state index contributed by atoms with van der Waals surface area (Å²) in [4.78, 5) is 9.02. The number of hydrogen-bond acceptors (Lipinski definition) is 4. The van der Waals surface area contributed by atoms with Gasteiger partial charge < -0.3 is 15.0 Å². The monoisotopic (exact) mass is 292 g/mol. The van der Waals surface area contributed by atoms with Crippen LogP contribution >= 0.6 is 11.6 Å². The van der Waals surface area contributed by atoms with E-state index < -0.39 is 6.10 Å². The van der Waals surface area contributed by atoms with E-state index >= 15 is 0 Å². The average molecular weight is 293 g/mol. The van der Waals surface area contributed by atoms with Gasteiger partial charge in [-0.15, -0.1) is 0 Å². The number of aromatic nitrogens is 3. The summed E-state index contributed by atoms with van der Waals surface area (Å²) >= 11 is 6.29. The van der Waals surface area contributed by atoms with E-state index in [0.717, 1.165) is 16.9 Å². The summed E-state index contributed by atoms with van der Waals surface area (Å²) in [7, 11) is 0. The molecule has 1 fully saturated rings. The Hall–Kier alpha value is -1.33. The lowest BCUT2D eigenvalue weighted by Gasteiger charge is -2.12. The van der Waals surface area contributed by atoms with Gasteiger partial charge in [-0.1, -0.05) is 24.4 Å². The van der Waals surface area contributed by atoms with E-state index in [1.54, 1.807) is 0 Å². The minimum absolute atomic E-state index is 0.0634. The Morgan fingerprint density at radius 1 is 1.40 bits per heavy atom. The van der Waals surface area contributed by atoms with Gasteiger partial charge in [-0.2, -0.15) is 0 Å². The molecule has 2 aromatic rings. The summed E-state index contributed by atoms with van der Waals surface area (Å²) in [5, 5.41) is 13.9. The normalized spacial score (nSPS) is 26.1. The van der Waals surface area contributed by atoms with Crippen LogP contribution in [0.3, 0.4) is 0 Å². The standard InChI is InChI=1S/C14H17ClN4O/c1-7-12(20)9-10(17-7)11-14(18-13(9)15)19(6-16-11)8-4-2-3-5-8/h6-8,12,17,20H,2-5H2,1H3. The maximum absolute atomic E-state index is 10.2. The maximum Gasteiger partial charge on any atom is 0.163 e. The molecule has 3 heterocycles. The molecular formula is C14H17ClN4O. The lowest BCUT2D eigenvalue weighted by Crippen LogP contribution is -2.15. The van der Waals surface area contributed by atoms with Crippen molar-refractivity contribution < 1.29 is 5.11 Å². The molecule has 1 aliphatic carbocycles. The smallest absolute Gasteiger partial charge is 0.163 e. The average Bonchev–Trinajstić information content (AvgIpc) is 3.09. The Kier molecular flexibility index (Phi) is 2.69. The van der Waals surface area contributed by atoms with Crippen molar-refractivity contribution in [1.29, 1.82) is 0 Å². The number of imidazole rings is 1. The van der Waals surface area contributed by atoms with Gasteiger partial charge in [0.1, 0.15) is 16.8 Å². The Bertz CT molecular complexity index is 677. The molecule has 20 heavy (non-hydrogen) atoms. The summed E-state index contributed by atoms with van der Waals surface area (Å²) in [5.41, 5.74) is 3.18. The fourth-order valence-corrected chi connectivity index (χ4v) is 3.73. The molecule has 0 aromatic carbocycles. The molecule has 0 radical (unpaired) electrons. The van der Waals surface area contributed by atoms with Gasteiger partial charge in [-0.3, -0.25) is 0 Å². The van der Waals surface area contributed by atoms with Crippen molar-refractivity contribution in [2.75, 3.05) is 5.32 Å². The molecule has 0 saturated heterocycles. The SMILES string of the molecule is CC1Nc2c(c(Cl)nc3c2ncn3C2CCCC2)C1O. The second kappa shape index (κ2) is 4.33. The molecule has 0 spiro atoms. The number of halogens is 1. The fourth-order valence-electron chi connectivity index (χ4n) is 3.45. The predicted molar refractivity (Wildman–Crippen MR) is 78.1 cm³/mol. The van der Waals surface area contributed by atoms with Crippen molar-refractivity contribution in [1.82, 2.24) is 14.5 Å². The minimum atomic E-state index is -0.619. The highest BCUT2D eigenvalue weighted by molar-refractivity contribution is 6.31. The van der Waals surface area contributed by atoms with Crippen molar-refractivity contribution >= 4 is 28.5 Å². The van der Waals surface area contributed by atoms with Gasteiger partial charge in [0.25, 0.3) is 0 Å². The molecule has 1 saturated carbocycles. The van der Waals surface area contributed by atoms with Crippen molar-refractivity contribution in [3.8, 4) is 0 Å². The van der Waals surface area contributed by atoms with Gasteiger partial charge in [0.2, 0.25) is 0 Å². The number of aliphatic hydroxyl groups is 1. The molecule has 2 unspecified atom stereocenters. The van der Waals surface area contributed by atoms with E-state index in [1.165, 1.54) is 25.7 Å². The highest BCUT2D eigenvalue weighted by Gasteiger charge is 2.34. The van der Waals surface area contributed by atoms with Crippen molar-refractivity contribution in [2.45, 2.75) is 50.8 Å². The van der Waals surface area contributed by atoms with Gasteiger partial charge in [-0.05, 0) is 19.8 Å². The first-order valence-corrected chi connectivity index (χ1v) is 7.55. The quantitative estimate of drug-likeness (QED) is 0.793. The third-order valence-electron chi connectivity index (χ3n) is 4.56. The molecule has 2 atom stereocenters. The number of anilines is 1. The third-order valence-corrected chi connectivity index (χ3v) is 4.85. The summed E-state index contributed by atoms with van der Waals surface area (Å²) in [5.74, 6) is 0. The molecule has 2 N–H and O–H groups in total. The first kappa shape index (κ1) is 12.4. The first-order chi connectivity index (χ1) is 9.66. The van der Waals surface area contributed by atoms with Gasteiger partial charge >= 0.3 is 0 Å². The van der Waals surface area contributed by atoms with Crippen LogP contribution in [-0.4, -0.2) is 25.7 Å². The summed E-state index contributed by atoms with van der Waals surface area (Å²) < 4.78 is 2.14. The van der Waals surface area contributed by atoms with E-state index in [-0.39, 0.29) is 6.04 Å². The van der Waals surface area contributed by atoms with E-state index in [1.807, 2.05) is 13.3 Å². The number of nitrogens with one attached hydrogen (secondary N) is 1. The van der Waals surface area contributed by atoms with Crippen LogP contribution in [0.1, 0.15) is 50.3 Å². The Balaban J connectivity index is 1.92. The topological polar surface area (TPSA) is 63.0 Å². The Morgan fingerprint density at radius 3 is 2.90 bits per heavy atom. The molecule has 2 aliphatic rings. The number of fused-ring (bicyclic) bond motifs is 3. The summed E-state index contributed by atoms with van der Waals surface area (Å²) in [6, 6.07) is 0.414. The third kappa shape index (κ3) is 1.59. The summed E-state index contributed by atoms with van der Waals surface area (Å²) in [6.45, 7) is 1.93. The molecule has 0 amide bonds. The molecule has 0 bridgehead atoms. The van der Waals surface area contributed by atoms with Gasteiger partial charge in [0, 0.05) is 11.6 Å². The van der Waals surface area contributed by atoms with Crippen molar-refractivity contribution in [3.63, 3.8) is 0 Å². The lowest BCUT2D eigenvalue weighted by atomic mass is 10.1. The van der Waals surface area contributed by atoms with Crippen LogP contribution in [-0.2, 0) is 0 Å². The number of rotatable bonds is 1. The first-order valence-electron chi connectivity index (χ1n) is 7.17. The van der Waals surface area contributed by atoms with Gasteiger partial charge in [0.05, 0.1) is 18.1 Å².